The number of amides is 1. The van der Waals surface area contributed by atoms with Crippen molar-refractivity contribution in [3.8, 4) is 5.75 Å². The maximum Gasteiger partial charge on any atom is 0.231 e. The van der Waals surface area contributed by atoms with Gasteiger partial charge in [-0.2, -0.15) is 0 Å². The van der Waals surface area contributed by atoms with Gasteiger partial charge in [0.25, 0.3) is 0 Å². The minimum Gasteiger partial charge on any atom is -0.491 e. The van der Waals surface area contributed by atoms with Crippen molar-refractivity contribution in [3.63, 3.8) is 0 Å². The van der Waals surface area contributed by atoms with Crippen LogP contribution in [-0.2, 0) is 4.79 Å². The second kappa shape index (κ2) is 9.58. The normalized spacial score (nSPS) is 12.4. The van der Waals surface area contributed by atoms with Gasteiger partial charge >= 0.3 is 0 Å². The summed E-state index contributed by atoms with van der Waals surface area (Å²) in [7, 11) is 0. The van der Waals surface area contributed by atoms with E-state index in [1.807, 2.05) is 38.2 Å². The molecular formula is C22H32N2O3. The van der Waals surface area contributed by atoms with Gasteiger partial charge in [0.05, 0.1) is 11.6 Å². The van der Waals surface area contributed by atoms with Crippen LogP contribution in [0.4, 0.5) is 0 Å². The van der Waals surface area contributed by atoms with Crippen LogP contribution in [0.3, 0.4) is 0 Å². The number of carbonyl (C=O) groups is 2. The fourth-order valence-electron chi connectivity index (χ4n) is 3.30. The second-order valence-corrected chi connectivity index (χ2v) is 7.34. The van der Waals surface area contributed by atoms with Crippen LogP contribution in [0, 0.1) is 0 Å². The largest absolute Gasteiger partial charge is 0.491 e. The van der Waals surface area contributed by atoms with E-state index < -0.39 is 0 Å². The van der Waals surface area contributed by atoms with Gasteiger partial charge in [-0.25, -0.2) is 0 Å². The van der Waals surface area contributed by atoms with Crippen LogP contribution in [0.15, 0.2) is 24.4 Å². The van der Waals surface area contributed by atoms with E-state index >= 15 is 0 Å². The van der Waals surface area contributed by atoms with Gasteiger partial charge < -0.3 is 10.1 Å². The number of rotatable bonds is 9. The molecule has 148 valence electrons. The van der Waals surface area contributed by atoms with E-state index in [1.54, 1.807) is 4.57 Å². The Morgan fingerprint density at radius 1 is 1.22 bits per heavy atom. The summed E-state index contributed by atoms with van der Waals surface area (Å²) in [5.41, 5.74) is 1.99. The van der Waals surface area contributed by atoms with Gasteiger partial charge in [-0.1, -0.05) is 20.3 Å². The van der Waals surface area contributed by atoms with E-state index in [0.29, 0.717) is 13.0 Å². The first-order chi connectivity index (χ1) is 12.9. The number of nitrogens with one attached hydrogen (secondary N) is 1. The molecule has 1 amide bonds. The molecule has 27 heavy (non-hydrogen) atoms. The first kappa shape index (κ1) is 21.0. The van der Waals surface area contributed by atoms with Crippen molar-refractivity contribution in [1.29, 1.82) is 0 Å². The lowest BCUT2D eigenvalue weighted by Crippen LogP contribution is -2.25. The molecule has 0 fully saturated rings. The Morgan fingerprint density at radius 2 is 1.96 bits per heavy atom. The van der Waals surface area contributed by atoms with E-state index in [0.717, 1.165) is 41.5 Å². The quantitative estimate of drug-likeness (QED) is 0.682. The van der Waals surface area contributed by atoms with E-state index in [2.05, 4.69) is 19.2 Å². The highest BCUT2D eigenvalue weighted by atomic mass is 16.5. The zero-order valence-electron chi connectivity index (χ0n) is 17.2. The predicted molar refractivity (Wildman–Crippen MR) is 110 cm³/mol. The van der Waals surface area contributed by atoms with Crippen molar-refractivity contribution in [2.24, 2.45) is 0 Å². The topological polar surface area (TPSA) is 60.3 Å². The number of aromatic nitrogens is 1. The van der Waals surface area contributed by atoms with Crippen LogP contribution in [-0.4, -0.2) is 29.0 Å². The van der Waals surface area contributed by atoms with Crippen molar-refractivity contribution in [3.05, 3.63) is 30.0 Å². The van der Waals surface area contributed by atoms with Gasteiger partial charge in [0.2, 0.25) is 11.8 Å². The fraction of sp³-hybridized carbons (Fsp3) is 0.545. The molecule has 5 nitrogen and oxygen atoms in total. The fourth-order valence-corrected chi connectivity index (χ4v) is 3.30. The molecule has 1 atom stereocenters. The monoisotopic (exact) mass is 372 g/mol. The molecule has 5 heteroatoms. The molecule has 1 aromatic heterocycles. The van der Waals surface area contributed by atoms with Crippen molar-refractivity contribution >= 4 is 22.7 Å². The molecule has 0 saturated carbocycles. The predicted octanol–water partition coefficient (Wildman–Crippen LogP) is 4.89. The van der Waals surface area contributed by atoms with E-state index in [4.69, 9.17) is 4.74 Å². The SMILES string of the molecule is CCCCC(=O)n1cc(C(CC)CNC(C)=O)c2cc(OC(C)C)ccc21. The van der Waals surface area contributed by atoms with Crippen LogP contribution >= 0.6 is 0 Å². The standard InChI is InChI=1S/C22H32N2O3/c1-6-8-9-22(26)24-14-20(17(7-2)13-23-16(5)25)19-12-18(27-15(3)4)10-11-21(19)24/h10-12,14-15,17H,6-9,13H2,1-5H3,(H,23,25). The van der Waals surface area contributed by atoms with Gasteiger partial charge in [0.1, 0.15) is 5.75 Å². The van der Waals surface area contributed by atoms with Crippen molar-refractivity contribution in [1.82, 2.24) is 9.88 Å². The maximum absolute atomic E-state index is 12.7. The van der Waals surface area contributed by atoms with E-state index in [9.17, 15) is 9.59 Å². The Kier molecular flexibility index (Phi) is 7.45. The van der Waals surface area contributed by atoms with Gasteiger partial charge in [0, 0.05) is 37.4 Å². The third-order valence-electron chi connectivity index (χ3n) is 4.72. The first-order valence-electron chi connectivity index (χ1n) is 9.96. The molecule has 1 heterocycles. The van der Waals surface area contributed by atoms with E-state index in [1.165, 1.54) is 6.92 Å². The van der Waals surface area contributed by atoms with E-state index in [-0.39, 0.29) is 23.8 Å². The summed E-state index contributed by atoms with van der Waals surface area (Å²) in [6, 6.07) is 5.90. The highest BCUT2D eigenvalue weighted by Gasteiger charge is 2.20. The molecule has 0 radical (unpaired) electrons. The molecule has 1 aromatic carbocycles. The van der Waals surface area contributed by atoms with Crippen molar-refractivity contribution < 1.29 is 14.3 Å². The molecule has 0 saturated heterocycles. The van der Waals surface area contributed by atoms with Gasteiger partial charge in [-0.15, -0.1) is 0 Å². The zero-order chi connectivity index (χ0) is 20.0. The lowest BCUT2D eigenvalue weighted by molar-refractivity contribution is -0.119. The highest BCUT2D eigenvalue weighted by molar-refractivity contribution is 5.95. The number of benzene rings is 1. The Balaban J connectivity index is 2.50. The molecule has 0 aliphatic heterocycles. The number of fused-ring (bicyclic) bond motifs is 1. The summed E-state index contributed by atoms with van der Waals surface area (Å²) in [6.45, 7) is 10.3. The molecular weight excluding hydrogens is 340 g/mol. The maximum atomic E-state index is 12.7. The van der Waals surface area contributed by atoms with Crippen LogP contribution in [0.1, 0.15) is 76.6 Å². The number of hydrogen-bond acceptors (Lipinski definition) is 3. The number of ether oxygens (including phenoxy) is 1. The summed E-state index contributed by atoms with van der Waals surface area (Å²) < 4.78 is 7.63. The molecule has 0 spiro atoms. The third kappa shape index (κ3) is 5.34. The summed E-state index contributed by atoms with van der Waals surface area (Å²) >= 11 is 0. The zero-order valence-corrected chi connectivity index (χ0v) is 17.2. The molecule has 2 aromatic rings. The lowest BCUT2D eigenvalue weighted by Gasteiger charge is -2.15. The first-order valence-corrected chi connectivity index (χ1v) is 9.96. The summed E-state index contributed by atoms with van der Waals surface area (Å²) in [5.74, 6) is 1.01. The molecule has 0 bridgehead atoms. The third-order valence-corrected chi connectivity index (χ3v) is 4.72. The Labute approximate surface area is 162 Å². The molecule has 1 unspecified atom stereocenters. The van der Waals surface area contributed by atoms with Gasteiger partial charge in [-0.3, -0.25) is 14.2 Å². The molecule has 2 rings (SSSR count). The minimum atomic E-state index is -0.0416. The molecule has 0 aliphatic carbocycles. The number of hydrogen-bond donors (Lipinski definition) is 1. The van der Waals surface area contributed by atoms with Crippen LogP contribution in [0.2, 0.25) is 0 Å². The van der Waals surface area contributed by atoms with Crippen LogP contribution < -0.4 is 10.1 Å². The Morgan fingerprint density at radius 3 is 2.56 bits per heavy atom. The van der Waals surface area contributed by atoms with Crippen molar-refractivity contribution in [2.45, 2.75) is 72.3 Å². The smallest absolute Gasteiger partial charge is 0.231 e. The number of unbranched alkanes of at least 4 members (excludes halogenated alkanes) is 1. The highest BCUT2D eigenvalue weighted by Crippen LogP contribution is 2.33. The van der Waals surface area contributed by atoms with Gasteiger partial charge in [0.15, 0.2) is 0 Å². The number of nitrogens with zero attached hydrogens (tertiary/aromatic N) is 1. The molecule has 0 aliphatic rings. The summed E-state index contributed by atoms with van der Waals surface area (Å²) in [6.07, 6.45) is 5.32. The van der Waals surface area contributed by atoms with Crippen molar-refractivity contribution in [2.75, 3.05) is 6.54 Å². The van der Waals surface area contributed by atoms with Crippen LogP contribution in [0.5, 0.6) is 5.75 Å². The average Bonchev–Trinajstić information content (AvgIpc) is 2.98. The summed E-state index contributed by atoms with van der Waals surface area (Å²) in [5, 5.41) is 3.94. The Bertz CT molecular complexity index is 792. The minimum absolute atomic E-state index is 0.0416. The van der Waals surface area contributed by atoms with Crippen LogP contribution in [0.25, 0.3) is 10.9 Å². The lowest BCUT2D eigenvalue weighted by atomic mass is 9.96. The average molecular weight is 373 g/mol. The number of carbonyl (C=O) groups excluding carboxylic acids is 2. The van der Waals surface area contributed by atoms with Gasteiger partial charge in [-0.05, 0) is 50.5 Å². The molecule has 1 N–H and O–H groups in total. The Hall–Kier alpha value is -2.30. The second-order valence-electron chi connectivity index (χ2n) is 7.34. The summed E-state index contributed by atoms with van der Waals surface area (Å²) in [4.78, 5) is 24.1.